The van der Waals surface area contributed by atoms with E-state index in [2.05, 4.69) is 10.3 Å². The van der Waals surface area contributed by atoms with E-state index < -0.39 is 58.2 Å². The molecular formula is C31H35F3N6O3S. The minimum absolute atomic E-state index is 0.00931. The normalized spacial score (nSPS) is 21.9. The predicted molar refractivity (Wildman–Crippen MR) is 160 cm³/mol. The SMILES string of the molecule is Cc1c(-c2ccc(N3CCS(=O)(=O)CC3)cc2)c(C2CCC(F)(F)CC2C(=O)NC(C#N)C(C)C)nn1-c1ccc(F)cn1. The molecule has 0 spiro atoms. The van der Waals surface area contributed by atoms with Gasteiger partial charge in [-0.1, -0.05) is 26.0 Å². The standard InChI is InChI=1S/C31H35F3N6O3S/c1-19(2)26(17-35)37-30(41)25-16-31(33,34)11-10-24(25)29-28(20(3)40(38-29)27-9-6-22(32)18-36-27)21-4-7-23(8-5-21)39-12-14-44(42,43)15-13-39/h4-9,18-19,24-26H,10-16H2,1-3H3,(H,37,41). The molecule has 2 aromatic heterocycles. The Morgan fingerprint density at radius 3 is 2.41 bits per heavy atom. The van der Waals surface area contributed by atoms with Crippen LogP contribution < -0.4 is 10.2 Å². The van der Waals surface area contributed by atoms with Crippen molar-refractivity contribution in [2.75, 3.05) is 29.5 Å². The van der Waals surface area contributed by atoms with Crippen molar-refractivity contribution in [1.82, 2.24) is 20.1 Å². The van der Waals surface area contributed by atoms with E-state index >= 15 is 0 Å². The molecule has 0 radical (unpaired) electrons. The Hall–Kier alpha value is -3.92. The molecule has 234 valence electrons. The average molecular weight is 629 g/mol. The number of amides is 1. The highest BCUT2D eigenvalue weighted by Crippen LogP contribution is 2.48. The molecule has 1 aliphatic heterocycles. The number of sulfone groups is 1. The Balaban J connectivity index is 1.57. The number of halogens is 3. The number of hydrogen-bond donors (Lipinski definition) is 1. The molecule has 3 atom stereocenters. The molecule has 1 saturated heterocycles. The van der Waals surface area contributed by atoms with Crippen molar-refractivity contribution < 1.29 is 26.4 Å². The molecule has 13 heteroatoms. The lowest BCUT2D eigenvalue weighted by Gasteiger charge is -2.35. The summed E-state index contributed by atoms with van der Waals surface area (Å²) in [4.78, 5) is 19.7. The van der Waals surface area contributed by atoms with Gasteiger partial charge >= 0.3 is 0 Å². The highest BCUT2D eigenvalue weighted by Gasteiger charge is 2.47. The second-order valence-corrected chi connectivity index (χ2v) is 14.3. The van der Waals surface area contributed by atoms with Gasteiger partial charge in [0.15, 0.2) is 15.7 Å². The van der Waals surface area contributed by atoms with E-state index in [1.54, 1.807) is 20.8 Å². The third kappa shape index (κ3) is 6.60. The van der Waals surface area contributed by atoms with Crippen LogP contribution in [0.2, 0.25) is 0 Å². The average Bonchev–Trinajstić information content (AvgIpc) is 3.32. The molecule has 3 unspecified atom stereocenters. The summed E-state index contributed by atoms with van der Waals surface area (Å²) in [5.41, 5.74) is 3.30. The van der Waals surface area contributed by atoms with E-state index in [0.717, 1.165) is 17.4 Å². The first-order valence-electron chi connectivity index (χ1n) is 14.6. The van der Waals surface area contributed by atoms with Gasteiger partial charge in [0.1, 0.15) is 11.9 Å². The zero-order chi connectivity index (χ0) is 31.8. The number of rotatable bonds is 7. The van der Waals surface area contributed by atoms with Crippen LogP contribution >= 0.6 is 0 Å². The molecule has 1 aromatic carbocycles. The fourth-order valence-corrected chi connectivity index (χ4v) is 7.21. The molecule has 9 nitrogen and oxygen atoms in total. The molecule has 1 amide bonds. The number of nitriles is 1. The van der Waals surface area contributed by atoms with E-state index in [1.807, 2.05) is 35.2 Å². The number of anilines is 1. The summed E-state index contributed by atoms with van der Waals surface area (Å²) >= 11 is 0. The highest BCUT2D eigenvalue weighted by molar-refractivity contribution is 7.91. The van der Waals surface area contributed by atoms with Crippen LogP contribution in [0.15, 0.2) is 42.6 Å². The molecule has 44 heavy (non-hydrogen) atoms. The summed E-state index contributed by atoms with van der Waals surface area (Å²) in [7, 11) is -3.05. The maximum Gasteiger partial charge on any atom is 0.249 e. The first-order valence-corrected chi connectivity index (χ1v) is 16.5. The summed E-state index contributed by atoms with van der Waals surface area (Å²) in [6.45, 7) is 6.11. The van der Waals surface area contributed by atoms with Crippen LogP contribution in [0.1, 0.15) is 50.4 Å². The number of carbonyl (C=O) groups excluding carboxylic acids is 1. The van der Waals surface area contributed by atoms with E-state index in [0.29, 0.717) is 35.9 Å². The van der Waals surface area contributed by atoms with Crippen molar-refractivity contribution in [2.45, 2.75) is 57.9 Å². The minimum atomic E-state index is -3.06. The van der Waals surface area contributed by atoms with Crippen molar-refractivity contribution in [1.29, 1.82) is 5.26 Å². The van der Waals surface area contributed by atoms with Gasteiger partial charge in [-0.3, -0.25) is 4.79 Å². The van der Waals surface area contributed by atoms with E-state index in [-0.39, 0.29) is 23.8 Å². The van der Waals surface area contributed by atoms with Gasteiger partial charge in [-0.25, -0.2) is 31.3 Å². The van der Waals surface area contributed by atoms with E-state index in [4.69, 9.17) is 5.10 Å². The van der Waals surface area contributed by atoms with Crippen molar-refractivity contribution >= 4 is 21.4 Å². The summed E-state index contributed by atoms with van der Waals surface area (Å²) < 4.78 is 68.6. The van der Waals surface area contributed by atoms with Gasteiger partial charge in [-0.05, 0) is 49.1 Å². The van der Waals surface area contributed by atoms with Crippen LogP contribution in [-0.2, 0) is 14.6 Å². The number of benzene rings is 1. The van der Waals surface area contributed by atoms with Crippen LogP contribution in [0.5, 0.6) is 0 Å². The Morgan fingerprint density at radius 2 is 1.82 bits per heavy atom. The van der Waals surface area contributed by atoms with Crippen molar-refractivity contribution in [3.63, 3.8) is 0 Å². The Bertz CT molecular complexity index is 1650. The number of aromatic nitrogens is 3. The lowest BCUT2D eigenvalue weighted by molar-refractivity contribution is -0.134. The second kappa shape index (κ2) is 12.2. The fraction of sp³-hybridized carbons (Fsp3) is 0.484. The number of nitrogens with one attached hydrogen (secondary N) is 1. The minimum Gasteiger partial charge on any atom is -0.369 e. The fourth-order valence-electron chi connectivity index (χ4n) is 6.01. The summed E-state index contributed by atoms with van der Waals surface area (Å²) in [6, 6.07) is 11.4. The lowest BCUT2D eigenvalue weighted by atomic mass is 9.73. The molecule has 1 N–H and O–H groups in total. The monoisotopic (exact) mass is 628 g/mol. The number of alkyl halides is 2. The molecule has 0 bridgehead atoms. The van der Waals surface area contributed by atoms with E-state index in [9.17, 15) is 31.6 Å². The maximum absolute atomic E-state index is 14.8. The lowest BCUT2D eigenvalue weighted by Crippen LogP contribution is -2.46. The van der Waals surface area contributed by atoms with E-state index in [1.165, 1.54) is 16.8 Å². The van der Waals surface area contributed by atoms with Crippen LogP contribution in [0, 0.1) is 35.9 Å². The largest absolute Gasteiger partial charge is 0.369 e. The quantitative estimate of drug-likeness (QED) is 0.399. The molecule has 3 aromatic rings. The van der Waals surface area contributed by atoms with Crippen LogP contribution in [0.25, 0.3) is 16.9 Å². The van der Waals surface area contributed by atoms with Crippen LogP contribution in [-0.4, -0.2) is 65.6 Å². The summed E-state index contributed by atoms with van der Waals surface area (Å²) in [6.07, 6.45) is -0.0552. The molecule has 1 aliphatic carbocycles. The van der Waals surface area contributed by atoms with Gasteiger partial charge in [0, 0.05) is 43.1 Å². The summed E-state index contributed by atoms with van der Waals surface area (Å²) in [5, 5.41) is 17.0. The number of nitrogens with zero attached hydrogens (tertiary/aromatic N) is 5. The predicted octanol–water partition coefficient (Wildman–Crippen LogP) is 4.80. The first-order chi connectivity index (χ1) is 20.8. The van der Waals surface area contributed by atoms with Gasteiger partial charge in [0.05, 0.1) is 41.1 Å². The molecule has 5 rings (SSSR count). The topological polar surface area (TPSA) is 121 Å². The van der Waals surface area contributed by atoms with Crippen molar-refractivity contribution in [2.24, 2.45) is 11.8 Å². The van der Waals surface area contributed by atoms with Gasteiger partial charge < -0.3 is 10.2 Å². The Kier molecular flexibility index (Phi) is 8.75. The zero-order valence-electron chi connectivity index (χ0n) is 24.8. The van der Waals surface area contributed by atoms with Gasteiger partial charge in [-0.2, -0.15) is 10.4 Å². The second-order valence-electron chi connectivity index (χ2n) is 11.9. The van der Waals surface area contributed by atoms with Crippen molar-refractivity contribution in [3.8, 4) is 23.0 Å². The Labute approximate surface area is 255 Å². The zero-order valence-corrected chi connectivity index (χ0v) is 25.6. The molecule has 1 saturated carbocycles. The number of hydrogen-bond acceptors (Lipinski definition) is 7. The first kappa shape index (κ1) is 31.5. The Morgan fingerprint density at radius 1 is 1.14 bits per heavy atom. The molecule has 2 aliphatic rings. The van der Waals surface area contributed by atoms with Gasteiger partial charge in [0.25, 0.3) is 0 Å². The number of carbonyl (C=O) groups is 1. The summed E-state index contributed by atoms with van der Waals surface area (Å²) in [5.74, 6) is -5.77. The van der Waals surface area contributed by atoms with Gasteiger partial charge in [0.2, 0.25) is 11.8 Å². The van der Waals surface area contributed by atoms with Gasteiger partial charge in [-0.15, -0.1) is 0 Å². The molecule has 2 fully saturated rings. The number of pyridine rings is 1. The van der Waals surface area contributed by atoms with Crippen molar-refractivity contribution in [3.05, 3.63) is 59.8 Å². The molecular weight excluding hydrogens is 593 g/mol. The highest BCUT2D eigenvalue weighted by atomic mass is 32.2. The van der Waals surface area contributed by atoms with Crippen LogP contribution in [0.4, 0.5) is 18.9 Å². The smallest absolute Gasteiger partial charge is 0.249 e. The van der Waals surface area contributed by atoms with Crippen LogP contribution in [0.3, 0.4) is 0 Å². The molecule has 3 heterocycles. The third-order valence-electron chi connectivity index (χ3n) is 8.55. The third-order valence-corrected chi connectivity index (χ3v) is 10.2. The maximum atomic E-state index is 14.8.